The van der Waals surface area contributed by atoms with Gasteiger partial charge in [0.1, 0.15) is 17.5 Å². The van der Waals surface area contributed by atoms with Crippen LogP contribution in [0.25, 0.3) is 0 Å². The number of nitrogens with one attached hydrogen (secondary N) is 1. The van der Waals surface area contributed by atoms with Crippen molar-refractivity contribution < 1.29 is 19.1 Å². The molecule has 2 amide bonds. The van der Waals surface area contributed by atoms with E-state index in [1.807, 2.05) is 30.3 Å². The van der Waals surface area contributed by atoms with E-state index in [1.54, 1.807) is 31.3 Å². The largest absolute Gasteiger partial charge is 0.497 e. The van der Waals surface area contributed by atoms with Crippen molar-refractivity contribution in [2.75, 3.05) is 14.2 Å². The van der Waals surface area contributed by atoms with Crippen LogP contribution in [0.5, 0.6) is 11.5 Å². The highest BCUT2D eigenvalue weighted by Gasteiger charge is 2.41. The average Bonchev–Trinajstić information content (AvgIpc) is 3.35. The first-order valence-corrected chi connectivity index (χ1v) is 10.0. The minimum Gasteiger partial charge on any atom is -0.497 e. The average molecular weight is 394 g/mol. The molecule has 2 aromatic carbocycles. The standard InChI is InChI=1S/C23H26N2O4/c1-28-17-12-11-15(20(13-17)29-2)14-25-21(22(26)24-16-7-3-4-8-16)18-9-5-6-10-19(18)23(25)27/h5-6,9-13,16,21H,3-4,7-8,14H2,1-2H3,(H,24,26)/t21-/m0/s1. The summed E-state index contributed by atoms with van der Waals surface area (Å²) >= 11 is 0. The molecule has 29 heavy (non-hydrogen) atoms. The first kappa shape index (κ1) is 19.3. The van der Waals surface area contributed by atoms with Gasteiger partial charge in [-0.3, -0.25) is 9.59 Å². The number of fused-ring (bicyclic) bond motifs is 1. The van der Waals surface area contributed by atoms with Gasteiger partial charge in [0.05, 0.1) is 20.8 Å². The minimum atomic E-state index is -0.633. The number of ether oxygens (including phenoxy) is 2. The normalized spacial score (nSPS) is 18.6. The fraction of sp³-hybridized carbons (Fsp3) is 0.391. The molecular formula is C23H26N2O4. The third kappa shape index (κ3) is 3.67. The number of rotatable bonds is 6. The van der Waals surface area contributed by atoms with Gasteiger partial charge < -0.3 is 19.7 Å². The van der Waals surface area contributed by atoms with Gasteiger partial charge in [-0.15, -0.1) is 0 Å². The number of carbonyl (C=O) groups excluding carboxylic acids is 2. The van der Waals surface area contributed by atoms with E-state index < -0.39 is 6.04 Å². The van der Waals surface area contributed by atoms with Crippen LogP contribution in [0.4, 0.5) is 0 Å². The van der Waals surface area contributed by atoms with Crippen LogP contribution >= 0.6 is 0 Å². The molecular weight excluding hydrogens is 368 g/mol. The summed E-state index contributed by atoms with van der Waals surface area (Å²) in [5.41, 5.74) is 2.18. The monoisotopic (exact) mass is 394 g/mol. The predicted molar refractivity (Wildman–Crippen MR) is 109 cm³/mol. The van der Waals surface area contributed by atoms with Gasteiger partial charge in [0.25, 0.3) is 5.91 Å². The van der Waals surface area contributed by atoms with Gasteiger partial charge >= 0.3 is 0 Å². The lowest BCUT2D eigenvalue weighted by Gasteiger charge is -2.27. The van der Waals surface area contributed by atoms with Gasteiger partial charge in [-0.25, -0.2) is 0 Å². The van der Waals surface area contributed by atoms with Crippen LogP contribution in [0.2, 0.25) is 0 Å². The molecule has 1 saturated carbocycles. The lowest BCUT2D eigenvalue weighted by atomic mass is 10.0. The molecule has 1 aliphatic heterocycles. The molecule has 1 aliphatic carbocycles. The highest BCUT2D eigenvalue weighted by atomic mass is 16.5. The number of nitrogens with zero attached hydrogens (tertiary/aromatic N) is 1. The summed E-state index contributed by atoms with van der Waals surface area (Å²) in [6.07, 6.45) is 4.27. The fourth-order valence-corrected chi connectivity index (χ4v) is 4.33. The van der Waals surface area contributed by atoms with Gasteiger partial charge in [-0.2, -0.15) is 0 Å². The van der Waals surface area contributed by atoms with E-state index >= 15 is 0 Å². The lowest BCUT2D eigenvalue weighted by Crippen LogP contribution is -2.42. The summed E-state index contributed by atoms with van der Waals surface area (Å²) < 4.78 is 10.8. The molecule has 6 heteroatoms. The zero-order chi connectivity index (χ0) is 20.4. The molecule has 0 saturated heterocycles. The minimum absolute atomic E-state index is 0.109. The van der Waals surface area contributed by atoms with Crippen molar-refractivity contribution in [2.45, 2.75) is 44.3 Å². The van der Waals surface area contributed by atoms with Crippen LogP contribution in [0.15, 0.2) is 42.5 Å². The molecule has 1 atom stereocenters. The maximum atomic E-state index is 13.2. The van der Waals surface area contributed by atoms with Gasteiger partial charge in [-0.05, 0) is 36.6 Å². The van der Waals surface area contributed by atoms with Gasteiger partial charge in [0.2, 0.25) is 5.91 Å². The Labute approximate surface area is 170 Å². The van der Waals surface area contributed by atoms with Gasteiger partial charge in [0.15, 0.2) is 0 Å². The summed E-state index contributed by atoms with van der Waals surface area (Å²) in [5, 5.41) is 3.16. The quantitative estimate of drug-likeness (QED) is 0.815. The second-order valence-corrected chi connectivity index (χ2v) is 7.59. The van der Waals surface area contributed by atoms with E-state index in [0.29, 0.717) is 17.1 Å². The Balaban J connectivity index is 1.65. The highest BCUT2D eigenvalue weighted by molar-refractivity contribution is 6.04. The van der Waals surface area contributed by atoms with Crippen LogP contribution < -0.4 is 14.8 Å². The van der Waals surface area contributed by atoms with E-state index in [0.717, 1.165) is 36.8 Å². The number of carbonyl (C=O) groups is 2. The summed E-state index contributed by atoms with van der Waals surface area (Å²) in [6.45, 7) is 0.281. The first-order valence-electron chi connectivity index (χ1n) is 10.0. The third-order valence-corrected chi connectivity index (χ3v) is 5.84. The molecule has 1 fully saturated rings. The molecule has 0 unspecified atom stereocenters. The molecule has 0 spiro atoms. The maximum Gasteiger partial charge on any atom is 0.255 e. The molecule has 2 aromatic rings. The van der Waals surface area contributed by atoms with Crippen molar-refractivity contribution in [2.24, 2.45) is 0 Å². The zero-order valence-electron chi connectivity index (χ0n) is 16.8. The second kappa shape index (κ2) is 8.15. The second-order valence-electron chi connectivity index (χ2n) is 7.59. The molecule has 0 radical (unpaired) electrons. The zero-order valence-corrected chi connectivity index (χ0v) is 16.8. The molecule has 0 aromatic heterocycles. The summed E-state index contributed by atoms with van der Waals surface area (Å²) in [4.78, 5) is 28.0. The number of hydrogen-bond acceptors (Lipinski definition) is 4. The summed E-state index contributed by atoms with van der Waals surface area (Å²) in [5.74, 6) is 1.06. The van der Waals surface area contributed by atoms with E-state index in [-0.39, 0.29) is 24.4 Å². The Morgan fingerprint density at radius 1 is 1.10 bits per heavy atom. The smallest absolute Gasteiger partial charge is 0.255 e. The Bertz CT molecular complexity index is 921. The molecule has 6 nitrogen and oxygen atoms in total. The number of amides is 2. The van der Waals surface area contributed by atoms with Crippen molar-refractivity contribution in [1.82, 2.24) is 10.2 Å². The Morgan fingerprint density at radius 3 is 2.59 bits per heavy atom. The van der Waals surface area contributed by atoms with Crippen LogP contribution in [0.3, 0.4) is 0 Å². The summed E-state index contributed by atoms with van der Waals surface area (Å²) in [6, 6.07) is 12.4. The predicted octanol–water partition coefficient (Wildman–Crippen LogP) is 3.46. The van der Waals surface area contributed by atoms with E-state index in [4.69, 9.17) is 9.47 Å². The highest BCUT2D eigenvalue weighted by Crippen LogP contribution is 2.37. The van der Waals surface area contributed by atoms with Crippen LogP contribution in [0, 0.1) is 0 Å². The Morgan fingerprint density at radius 2 is 1.86 bits per heavy atom. The van der Waals surface area contributed by atoms with E-state index in [2.05, 4.69) is 5.32 Å². The van der Waals surface area contributed by atoms with Crippen molar-refractivity contribution in [3.8, 4) is 11.5 Å². The Hall–Kier alpha value is -3.02. The van der Waals surface area contributed by atoms with Crippen LogP contribution in [-0.2, 0) is 11.3 Å². The Kier molecular flexibility index (Phi) is 5.43. The van der Waals surface area contributed by atoms with Crippen molar-refractivity contribution >= 4 is 11.8 Å². The molecule has 152 valence electrons. The summed E-state index contributed by atoms with van der Waals surface area (Å²) in [7, 11) is 3.18. The first-order chi connectivity index (χ1) is 14.1. The molecule has 1 heterocycles. The number of hydrogen-bond donors (Lipinski definition) is 1. The lowest BCUT2D eigenvalue weighted by molar-refractivity contribution is -0.126. The molecule has 1 N–H and O–H groups in total. The van der Waals surface area contributed by atoms with Crippen molar-refractivity contribution in [1.29, 1.82) is 0 Å². The fourth-order valence-electron chi connectivity index (χ4n) is 4.33. The van der Waals surface area contributed by atoms with Crippen molar-refractivity contribution in [3.63, 3.8) is 0 Å². The van der Waals surface area contributed by atoms with E-state index in [1.165, 1.54) is 0 Å². The number of benzene rings is 2. The topological polar surface area (TPSA) is 67.9 Å². The van der Waals surface area contributed by atoms with Crippen molar-refractivity contribution in [3.05, 3.63) is 59.2 Å². The van der Waals surface area contributed by atoms with E-state index in [9.17, 15) is 9.59 Å². The molecule has 0 bridgehead atoms. The maximum absolute atomic E-state index is 13.2. The SMILES string of the molecule is COc1ccc(CN2C(=O)c3ccccc3[C@H]2C(=O)NC2CCCC2)c(OC)c1. The molecule has 2 aliphatic rings. The van der Waals surface area contributed by atoms with Gasteiger partial charge in [-0.1, -0.05) is 31.0 Å². The van der Waals surface area contributed by atoms with Crippen LogP contribution in [0.1, 0.15) is 53.2 Å². The number of methoxy groups -OCH3 is 2. The van der Waals surface area contributed by atoms with Gasteiger partial charge in [0, 0.05) is 23.2 Å². The molecule has 4 rings (SSSR count). The van der Waals surface area contributed by atoms with Crippen LogP contribution in [-0.4, -0.2) is 37.0 Å². The third-order valence-electron chi connectivity index (χ3n) is 5.84.